The highest BCUT2D eigenvalue weighted by Crippen LogP contribution is 2.55. The van der Waals surface area contributed by atoms with Gasteiger partial charge in [0.15, 0.2) is 6.29 Å². The second-order valence-corrected chi connectivity index (χ2v) is 6.77. The van der Waals surface area contributed by atoms with Crippen molar-refractivity contribution in [1.29, 1.82) is 0 Å². The third-order valence-corrected chi connectivity index (χ3v) is 5.34. The number of hydrogen-bond acceptors (Lipinski definition) is 2. The predicted molar refractivity (Wildman–Crippen MR) is 87.1 cm³/mol. The molecule has 21 heavy (non-hydrogen) atoms. The lowest BCUT2D eigenvalue weighted by Gasteiger charge is -2.47. The molecule has 1 heterocycles. The van der Waals surface area contributed by atoms with Crippen LogP contribution in [0.3, 0.4) is 0 Å². The summed E-state index contributed by atoms with van der Waals surface area (Å²) in [4.78, 5) is 0. The molecular weight excluding hydrogens is 260 g/mol. The molecule has 0 bridgehead atoms. The lowest BCUT2D eigenvalue weighted by atomic mass is 9.67. The fraction of sp³-hybridized carbons (Fsp3) is 0.684. The molecule has 2 atom stereocenters. The van der Waals surface area contributed by atoms with E-state index < -0.39 is 0 Å². The van der Waals surface area contributed by atoms with Crippen LogP contribution in [0.5, 0.6) is 0 Å². The Morgan fingerprint density at radius 1 is 0.857 bits per heavy atom. The lowest BCUT2D eigenvalue weighted by Crippen LogP contribution is -2.57. The molecule has 0 radical (unpaired) electrons. The summed E-state index contributed by atoms with van der Waals surface area (Å²) in [6, 6.07) is 10.3. The van der Waals surface area contributed by atoms with Crippen LogP contribution in [0.4, 0.5) is 0 Å². The van der Waals surface area contributed by atoms with Gasteiger partial charge in [0.1, 0.15) is 11.2 Å². The third-order valence-electron chi connectivity index (χ3n) is 5.34. The van der Waals surface area contributed by atoms with E-state index in [0.29, 0.717) is 11.8 Å². The van der Waals surface area contributed by atoms with Crippen molar-refractivity contribution in [3.8, 4) is 0 Å². The Morgan fingerprint density at radius 2 is 1.29 bits per heavy atom. The third kappa shape index (κ3) is 2.43. The minimum absolute atomic E-state index is 0.226. The summed E-state index contributed by atoms with van der Waals surface area (Å²) in [6.45, 7) is 13.5. The summed E-state index contributed by atoms with van der Waals surface area (Å²) in [5.74, 6) is 0.831. The van der Waals surface area contributed by atoms with Crippen molar-refractivity contribution < 1.29 is 9.47 Å². The summed E-state index contributed by atoms with van der Waals surface area (Å²) >= 11 is 0. The predicted octanol–water partition coefficient (Wildman–Crippen LogP) is 5.34. The average Bonchev–Trinajstić information content (AvgIpc) is 2.85. The Balaban J connectivity index is 2.47. The van der Waals surface area contributed by atoms with E-state index in [1.165, 1.54) is 0 Å². The van der Waals surface area contributed by atoms with Gasteiger partial charge in [0, 0.05) is 5.56 Å². The van der Waals surface area contributed by atoms with Gasteiger partial charge >= 0.3 is 0 Å². The molecule has 1 aromatic carbocycles. The molecule has 0 aromatic heterocycles. The zero-order valence-electron chi connectivity index (χ0n) is 14.3. The maximum atomic E-state index is 6.59. The van der Waals surface area contributed by atoms with Gasteiger partial charge in [0.25, 0.3) is 0 Å². The molecule has 0 aliphatic carbocycles. The van der Waals surface area contributed by atoms with E-state index >= 15 is 0 Å². The minimum atomic E-state index is -0.254. The Labute approximate surface area is 129 Å². The van der Waals surface area contributed by atoms with Gasteiger partial charge in [-0.1, -0.05) is 71.9 Å². The minimum Gasteiger partial charge on any atom is -0.339 e. The zero-order valence-corrected chi connectivity index (χ0v) is 14.3. The van der Waals surface area contributed by atoms with Gasteiger partial charge in [0.2, 0.25) is 0 Å². The second-order valence-electron chi connectivity index (χ2n) is 6.77. The van der Waals surface area contributed by atoms with E-state index in [0.717, 1.165) is 18.4 Å². The van der Waals surface area contributed by atoms with Gasteiger partial charge in [-0.15, -0.1) is 0 Å². The van der Waals surface area contributed by atoms with Gasteiger partial charge in [-0.05, 0) is 24.7 Å². The fourth-order valence-corrected chi connectivity index (χ4v) is 4.18. The number of rotatable bonds is 5. The van der Waals surface area contributed by atoms with Crippen molar-refractivity contribution in [2.24, 2.45) is 11.8 Å². The van der Waals surface area contributed by atoms with Crippen LogP contribution in [0.15, 0.2) is 30.3 Å². The maximum Gasteiger partial charge on any atom is 0.185 e. The molecule has 0 unspecified atom stereocenters. The molecule has 118 valence electrons. The summed E-state index contributed by atoms with van der Waals surface area (Å²) in [7, 11) is 0. The van der Waals surface area contributed by atoms with Crippen LogP contribution >= 0.6 is 0 Å². The average molecular weight is 290 g/mol. The fourth-order valence-electron chi connectivity index (χ4n) is 4.18. The topological polar surface area (TPSA) is 18.5 Å². The number of benzene rings is 1. The molecule has 1 aliphatic heterocycles. The van der Waals surface area contributed by atoms with Crippen molar-refractivity contribution in [2.45, 2.75) is 71.9 Å². The Morgan fingerprint density at radius 3 is 1.62 bits per heavy atom. The highest BCUT2D eigenvalue weighted by molar-refractivity contribution is 5.20. The molecule has 1 fully saturated rings. The van der Waals surface area contributed by atoms with E-state index in [4.69, 9.17) is 9.47 Å². The molecular formula is C19H30O2. The first-order valence-electron chi connectivity index (χ1n) is 8.34. The Bertz CT molecular complexity index is 430. The monoisotopic (exact) mass is 290 g/mol. The van der Waals surface area contributed by atoms with Gasteiger partial charge in [-0.3, -0.25) is 0 Å². The van der Waals surface area contributed by atoms with Crippen molar-refractivity contribution in [2.75, 3.05) is 0 Å². The number of hydrogen-bond donors (Lipinski definition) is 0. The Kier molecular flexibility index (Phi) is 4.79. The summed E-state index contributed by atoms with van der Waals surface area (Å²) in [5, 5.41) is 0. The molecule has 1 aliphatic rings. The molecule has 0 amide bonds. The second kappa shape index (κ2) is 6.10. The van der Waals surface area contributed by atoms with Crippen molar-refractivity contribution in [1.82, 2.24) is 0 Å². The standard InChI is InChI=1S/C19H30O2/c1-7-18(14(3)4)19(8-2,15(5)6)21-17(20-18)16-12-10-9-11-13-16/h9-15,17H,7-8H2,1-6H3/t18-,19-/m1/s1. The highest BCUT2D eigenvalue weighted by Gasteiger charge is 2.61. The largest absolute Gasteiger partial charge is 0.339 e. The van der Waals surface area contributed by atoms with Crippen LogP contribution in [0, 0.1) is 11.8 Å². The van der Waals surface area contributed by atoms with E-state index in [1.54, 1.807) is 0 Å². The molecule has 2 heteroatoms. The summed E-state index contributed by atoms with van der Waals surface area (Å²) in [6.07, 6.45) is 1.69. The first-order chi connectivity index (χ1) is 9.93. The van der Waals surface area contributed by atoms with Crippen molar-refractivity contribution in [3.05, 3.63) is 35.9 Å². The maximum absolute atomic E-state index is 6.59. The van der Waals surface area contributed by atoms with E-state index in [-0.39, 0.29) is 17.5 Å². The SMILES string of the molecule is CC[C@]1(C(C)C)OC(c2ccccc2)O[C@]1(CC)C(C)C. The van der Waals surface area contributed by atoms with Gasteiger partial charge in [0.05, 0.1) is 0 Å². The van der Waals surface area contributed by atoms with Crippen LogP contribution in [-0.2, 0) is 9.47 Å². The van der Waals surface area contributed by atoms with E-state index in [9.17, 15) is 0 Å². The molecule has 0 spiro atoms. The van der Waals surface area contributed by atoms with Gasteiger partial charge in [-0.25, -0.2) is 0 Å². The quantitative estimate of drug-likeness (QED) is 0.728. The zero-order chi connectivity index (χ0) is 15.7. The summed E-state index contributed by atoms with van der Waals surface area (Å²) < 4.78 is 13.2. The molecule has 1 aromatic rings. The first-order valence-corrected chi connectivity index (χ1v) is 8.34. The van der Waals surface area contributed by atoms with Crippen LogP contribution in [0.2, 0.25) is 0 Å². The van der Waals surface area contributed by atoms with Gasteiger partial charge < -0.3 is 9.47 Å². The van der Waals surface area contributed by atoms with Crippen molar-refractivity contribution in [3.63, 3.8) is 0 Å². The molecule has 0 saturated carbocycles. The van der Waals surface area contributed by atoms with E-state index in [1.807, 2.05) is 18.2 Å². The van der Waals surface area contributed by atoms with Crippen LogP contribution in [-0.4, -0.2) is 11.2 Å². The first kappa shape index (κ1) is 16.5. The van der Waals surface area contributed by atoms with Crippen LogP contribution in [0.25, 0.3) is 0 Å². The van der Waals surface area contributed by atoms with Crippen molar-refractivity contribution >= 4 is 0 Å². The number of ether oxygens (including phenoxy) is 2. The van der Waals surface area contributed by atoms with Crippen LogP contribution in [0.1, 0.15) is 66.2 Å². The Hall–Kier alpha value is -0.860. The highest BCUT2D eigenvalue weighted by atomic mass is 16.7. The molecule has 2 nitrogen and oxygen atoms in total. The summed E-state index contributed by atoms with van der Waals surface area (Å²) in [5.41, 5.74) is 0.666. The van der Waals surface area contributed by atoms with Gasteiger partial charge in [-0.2, -0.15) is 0 Å². The normalized spacial score (nSPS) is 30.5. The smallest absolute Gasteiger partial charge is 0.185 e. The molecule has 2 rings (SSSR count). The van der Waals surface area contributed by atoms with Crippen LogP contribution < -0.4 is 0 Å². The molecule has 1 saturated heterocycles. The lowest BCUT2D eigenvalue weighted by molar-refractivity contribution is -0.112. The van der Waals surface area contributed by atoms with E-state index in [2.05, 4.69) is 53.7 Å². The molecule has 0 N–H and O–H groups in total.